The van der Waals surface area contributed by atoms with E-state index < -0.39 is 0 Å². The molecule has 1 unspecified atom stereocenters. The molecular weight excluding hydrogens is 214 g/mol. The van der Waals surface area contributed by atoms with Crippen molar-refractivity contribution in [2.45, 2.75) is 51.2 Å². The van der Waals surface area contributed by atoms with E-state index >= 15 is 0 Å². The van der Waals surface area contributed by atoms with E-state index in [-0.39, 0.29) is 0 Å². The van der Waals surface area contributed by atoms with E-state index in [2.05, 4.69) is 21.4 Å². The molecule has 0 amide bonds. The maximum atomic E-state index is 5.14. The van der Waals surface area contributed by atoms with Gasteiger partial charge in [-0.05, 0) is 39.2 Å². The molecule has 0 spiro atoms. The van der Waals surface area contributed by atoms with Gasteiger partial charge in [0.15, 0.2) is 0 Å². The highest BCUT2D eigenvalue weighted by molar-refractivity contribution is 5.04. The van der Waals surface area contributed by atoms with E-state index in [0.717, 1.165) is 30.6 Å². The minimum Gasteiger partial charge on any atom is -0.361 e. The molecule has 3 rings (SSSR count). The number of nitrogens with zero attached hydrogens (tertiary/aromatic N) is 2. The van der Waals surface area contributed by atoms with Gasteiger partial charge in [-0.1, -0.05) is 5.16 Å². The maximum absolute atomic E-state index is 5.14. The van der Waals surface area contributed by atoms with Crippen molar-refractivity contribution in [1.82, 2.24) is 15.4 Å². The van der Waals surface area contributed by atoms with E-state index in [0.29, 0.717) is 6.04 Å². The van der Waals surface area contributed by atoms with Crippen molar-refractivity contribution in [3.63, 3.8) is 0 Å². The Balaban J connectivity index is 1.59. The Morgan fingerprint density at radius 2 is 2.35 bits per heavy atom. The second-order valence-electron chi connectivity index (χ2n) is 5.38. The fourth-order valence-corrected chi connectivity index (χ4v) is 2.68. The van der Waals surface area contributed by atoms with Crippen LogP contribution in [0.5, 0.6) is 0 Å². The summed E-state index contributed by atoms with van der Waals surface area (Å²) in [4.78, 5) is 2.57. The first-order valence-corrected chi connectivity index (χ1v) is 6.71. The Hall–Kier alpha value is -0.870. The predicted molar refractivity (Wildman–Crippen MR) is 65.7 cm³/mol. The molecule has 1 aromatic rings. The zero-order chi connectivity index (χ0) is 11.7. The van der Waals surface area contributed by atoms with Gasteiger partial charge in [-0.3, -0.25) is 4.90 Å². The van der Waals surface area contributed by atoms with Crippen LogP contribution in [0.3, 0.4) is 0 Å². The first kappa shape index (κ1) is 11.2. The largest absolute Gasteiger partial charge is 0.361 e. The number of nitrogens with one attached hydrogen (secondary N) is 1. The summed E-state index contributed by atoms with van der Waals surface area (Å²) in [5.74, 6) is 0.912. The molecule has 17 heavy (non-hydrogen) atoms. The molecule has 4 nitrogen and oxygen atoms in total. The minimum absolute atomic E-state index is 0.684. The summed E-state index contributed by atoms with van der Waals surface area (Å²) >= 11 is 0. The Kier molecular flexibility index (Phi) is 3.16. The van der Waals surface area contributed by atoms with E-state index in [1.54, 1.807) is 0 Å². The highest BCUT2D eigenvalue weighted by Crippen LogP contribution is 2.29. The van der Waals surface area contributed by atoms with Crippen LogP contribution in [-0.2, 0) is 6.54 Å². The third-order valence-electron chi connectivity index (χ3n) is 3.72. The Morgan fingerprint density at radius 3 is 2.94 bits per heavy atom. The molecule has 2 heterocycles. The van der Waals surface area contributed by atoms with E-state index in [1.165, 1.54) is 32.2 Å². The average molecular weight is 235 g/mol. The molecule has 94 valence electrons. The molecule has 1 saturated carbocycles. The Morgan fingerprint density at radius 1 is 1.47 bits per heavy atom. The number of aromatic nitrogens is 1. The number of rotatable bonds is 5. The summed E-state index contributed by atoms with van der Waals surface area (Å²) in [6, 6.07) is 3.52. The van der Waals surface area contributed by atoms with Crippen LogP contribution in [0.1, 0.15) is 37.1 Å². The summed E-state index contributed by atoms with van der Waals surface area (Å²) < 4.78 is 5.14. The normalized spacial score (nSPS) is 24.7. The monoisotopic (exact) mass is 235 g/mol. The molecule has 1 atom stereocenters. The number of aryl methyl sites for hydroxylation is 1. The summed E-state index contributed by atoms with van der Waals surface area (Å²) in [6.45, 7) is 5.25. The lowest BCUT2D eigenvalue weighted by Gasteiger charge is -2.24. The van der Waals surface area contributed by atoms with Gasteiger partial charge in [0.2, 0.25) is 0 Å². The van der Waals surface area contributed by atoms with Gasteiger partial charge in [0.05, 0.1) is 5.69 Å². The van der Waals surface area contributed by atoms with Crippen molar-refractivity contribution in [3.8, 4) is 0 Å². The van der Waals surface area contributed by atoms with Crippen molar-refractivity contribution in [2.24, 2.45) is 0 Å². The maximum Gasteiger partial charge on any atom is 0.133 e. The van der Waals surface area contributed by atoms with Gasteiger partial charge in [0, 0.05) is 31.2 Å². The standard InChI is InChI=1S/C13H21N3O/c1-10-7-12(15-17-10)9-16(13-4-5-13)8-11-3-2-6-14-11/h7,11,13-14H,2-6,8-9H2,1H3. The topological polar surface area (TPSA) is 41.3 Å². The van der Waals surface area contributed by atoms with Crippen molar-refractivity contribution in [1.29, 1.82) is 0 Å². The molecule has 1 aromatic heterocycles. The van der Waals surface area contributed by atoms with Gasteiger partial charge in [-0.25, -0.2) is 0 Å². The third kappa shape index (κ3) is 2.87. The first-order chi connectivity index (χ1) is 8.31. The molecule has 2 fully saturated rings. The summed E-state index contributed by atoms with van der Waals surface area (Å²) in [5, 5.41) is 7.68. The minimum atomic E-state index is 0.684. The van der Waals surface area contributed by atoms with Crippen LogP contribution in [0.2, 0.25) is 0 Å². The van der Waals surface area contributed by atoms with Gasteiger partial charge in [0.25, 0.3) is 0 Å². The molecule has 1 aliphatic carbocycles. The summed E-state index contributed by atoms with van der Waals surface area (Å²) in [5.41, 5.74) is 1.08. The fourth-order valence-electron chi connectivity index (χ4n) is 2.68. The molecule has 0 aromatic carbocycles. The molecule has 1 aliphatic heterocycles. The summed E-state index contributed by atoms with van der Waals surface area (Å²) in [6.07, 6.45) is 5.35. The van der Waals surface area contributed by atoms with Crippen LogP contribution in [0.25, 0.3) is 0 Å². The van der Waals surface area contributed by atoms with Crippen LogP contribution >= 0.6 is 0 Å². The third-order valence-corrected chi connectivity index (χ3v) is 3.72. The second kappa shape index (κ2) is 4.78. The van der Waals surface area contributed by atoms with Gasteiger partial charge in [0.1, 0.15) is 5.76 Å². The zero-order valence-corrected chi connectivity index (χ0v) is 10.5. The fraction of sp³-hybridized carbons (Fsp3) is 0.769. The molecule has 0 bridgehead atoms. The number of hydrogen-bond donors (Lipinski definition) is 1. The number of hydrogen-bond acceptors (Lipinski definition) is 4. The van der Waals surface area contributed by atoms with E-state index in [4.69, 9.17) is 4.52 Å². The molecule has 4 heteroatoms. The predicted octanol–water partition coefficient (Wildman–Crippen LogP) is 1.70. The van der Waals surface area contributed by atoms with Crippen molar-refractivity contribution >= 4 is 0 Å². The lowest BCUT2D eigenvalue weighted by molar-refractivity contribution is 0.224. The van der Waals surface area contributed by atoms with E-state index in [1.807, 2.05) is 6.92 Å². The Bertz CT molecular complexity index is 366. The van der Waals surface area contributed by atoms with Crippen LogP contribution < -0.4 is 5.32 Å². The molecule has 1 saturated heterocycles. The molecule has 1 N–H and O–H groups in total. The van der Waals surface area contributed by atoms with Gasteiger partial charge < -0.3 is 9.84 Å². The molecule has 0 radical (unpaired) electrons. The van der Waals surface area contributed by atoms with Crippen molar-refractivity contribution in [3.05, 3.63) is 17.5 Å². The highest BCUT2D eigenvalue weighted by Gasteiger charge is 2.31. The first-order valence-electron chi connectivity index (χ1n) is 6.71. The van der Waals surface area contributed by atoms with Crippen LogP contribution in [0.15, 0.2) is 10.6 Å². The molecular formula is C13H21N3O. The summed E-state index contributed by atoms with van der Waals surface area (Å²) in [7, 11) is 0. The van der Waals surface area contributed by atoms with E-state index in [9.17, 15) is 0 Å². The Labute approximate surface area is 102 Å². The van der Waals surface area contributed by atoms with Gasteiger partial charge in [-0.15, -0.1) is 0 Å². The quantitative estimate of drug-likeness (QED) is 0.843. The van der Waals surface area contributed by atoms with Gasteiger partial charge >= 0.3 is 0 Å². The van der Waals surface area contributed by atoms with Crippen molar-refractivity contribution < 1.29 is 4.52 Å². The van der Waals surface area contributed by atoms with Crippen LogP contribution in [-0.4, -0.2) is 35.2 Å². The zero-order valence-electron chi connectivity index (χ0n) is 10.5. The smallest absolute Gasteiger partial charge is 0.133 e. The SMILES string of the molecule is Cc1cc(CN(CC2CCCN2)C2CC2)no1. The lowest BCUT2D eigenvalue weighted by atomic mass is 10.2. The van der Waals surface area contributed by atoms with Crippen molar-refractivity contribution in [2.75, 3.05) is 13.1 Å². The lowest BCUT2D eigenvalue weighted by Crippen LogP contribution is -2.38. The van der Waals surface area contributed by atoms with Crippen LogP contribution in [0.4, 0.5) is 0 Å². The van der Waals surface area contributed by atoms with Crippen LogP contribution in [0, 0.1) is 6.92 Å². The van der Waals surface area contributed by atoms with Gasteiger partial charge in [-0.2, -0.15) is 0 Å². The molecule has 2 aliphatic rings. The highest BCUT2D eigenvalue weighted by atomic mass is 16.5. The average Bonchev–Trinajstić information content (AvgIpc) is 2.89. The second-order valence-corrected chi connectivity index (χ2v) is 5.38.